The molecule has 8 nitrogen and oxygen atoms in total. The maximum Gasteiger partial charge on any atom is 0.274 e. The van der Waals surface area contributed by atoms with Crippen molar-refractivity contribution in [1.29, 1.82) is 0 Å². The van der Waals surface area contributed by atoms with Crippen molar-refractivity contribution in [3.05, 3.63) is 45.8 Å². The Labute approximate surface area is 132 Å². The van der Waals surface area contributed by atoms with Crippen LogP contribution >= 0.6 is 0 Å². The second kappa shape index (κ2) is 9.21. The number of nitrogens with one attached hydrogen (secondary N) is 2. The SMILES string of the molecule is CN/C(=C\[N+](=O)[O-])NCC[S@](=O)Cc1ccc(CN(C)C)o1. The lowest BCUT2D eigenvalue weighted by Gasteiger charge is -2.07. The Balaban J connectivity index is 2.37. The van der Waals surface area contributed by atoms with Gasteiger partial charge in [-0.1, -0.05) is 0 Å². The number of nitrogens with zero attached hydrogens (tertiary/aromatic N) is 2. The molecule has 0 aromatic carbocycles. The van der Waals surface area contributed by atoms with Gasteiger partial charge in [-0.3, -0.25) is 14.3 Å². The molecule has 0 spiro atoms. The Morgan fingerprint density at radius 2 is 2.14 bits per heavy atom. The van der Waals surface area contributed by atoms with Crippen molar-refractivity contribution in [2.45, 2.75) is 12.3 Å². The second-order valence-electron chi connectivity index (χ2n) is 4.90. The van der Waals surface area contributed by atoms with Gasteiger partial charge in [0.25, 0.3) is 6.20 Å². The van der Waals surface area contributed by atoms with Gasteiger partial charge in [0, 0.05) is 30.1 Å². The molecule has 0 unspecified atom stereocenters. The van der Waals surface area contributed by atoms with Crippen LogP contribution in [0.5, 0.6) is 0 Å². The van der Waals surface area contributed by atoms with Crippen LogP contribution in [-0.2, 0) is 23.1 Å². The molecule has 0 radical (unpaired) electrons. The van der Waals surface area contributed by atoms with Gasteiger partial charge >= 0.3 is 0 Å². The Morgan fingerprint density at radius 1 is 1.45 bits per heavy atom. The average Bonchev–Trinajstić information content (AvgIpc) is 2.83. The maximum absolute atomic E-state index is 12.0. The summed E-state index contributed by atoms with van der Waals surface area (Å²) in [5.41, 5.74) is 0. The maximum atomic E-state index is 12.0. The zero-order valence-corrected chi connectivity index (χ0v) is 13.8. The summed E-state index contributed by atoms with van der Waals surface area (Å²) < 4.78 is 17.6. The molecule has 0 aliphatic carbocycles. The van der Waals surface area contributed by atoms with E-state index in [2.05, 4.69) is 10.6 Å². The van der Waals surface area contributed by atoms with Crippen LogP contribution in [0.3, 0.4) is 0 Å². The topological polar surface area (TPSA) is 101 Å². The highest BCUT2D eigenvalue weighted by Crippen LogP contribution is 2.11. The summed E-state index contributed by atoms with van der Waals surface area (Å²) in [7, 11) is 4.38. The van der Waals surface area contributed by atoms with Crippen LogP contribution in [-0.4, -0.2) is 47.5 Å². The standard InChI is InChI=1S/C13H22N4O4S/c1-14-13(9-17(18)19)15-6-7-22(20)10-12-5-4-11(21-12)8-16(2)3/h4-5,9,14-15H,6-8,10H2,1-3H3/b13-9+/t22-/m0/s1. The summed E-state index contributed by atoms with van der Waals surface area (Å²) in [4.78, 5) is 11.8. The number of furan rings is 1. The number of hydrogen-bond acceptors (Lipinski definition) is 7. The van der Waals surface area contributed by atoms with Crippen LogP contribution in [0, 0.1) is 10.1 Å². The molecule has 1 aromatic rings. The van der Waals surface area contributed by atoms with Gasteiger partial charge in [0.15, 0.2) is 5.82 Å². The molecule has 1 heterocycles. The largest absolute Gasteiger partial charge is 0.464 e. The summed E-state index contributed by atoms with van der Waals surface area (Å²) in [6.07, 6.45) is 0.836. The first kappa shape index (κ1) is 18.2. The first-order chi connectivity index (χ1) is 10.4. The van der Waals surface area contributed by atoms with Gasteiger partial charge in [-0.15, -0.1) is 0 Å². The quantitative estimate of drug-likeness (QED) is 0.475. The summed E-state index contributed by atoms with van der Waals surface area (Å²) in [6, 6.07) is 3.71. The molecule has 0 amide bonds. The fraction of sp³-hybridized carbons (Fsp3) is 0.538. The lowest BCUT2D eigenvalue weighted by Crippen LogP contribution is -2.28. The molecule has 124 valence electrons. The summed E-state index contributed by atoms with van der Waals surface area (Å²) in [5.74, 6) is 2.52. The summed E-state index contributed by atoms with van der Waals surface area (Å²) in [6.45, 7) is 1.07. The number of nitro groups is 1. The number of rotatable bonds is 10. The van der Waals surface area contributed by atoms with Gasteiger partial charge in [0.2, 0.25) is 0 Å². The second-order valence-corrected chi connectivity index (χ2v) is 6.48. The molecule has 0 aliphatic heterocycles. The molecule has 0 saturated heterocycles. The fourth-order valence-electron chi connectivity index (χ4n) is 1.73. The predicted molar refractivity (Wildman–Crippen MR) is 85.0 cm³/mol. The molecule has 9 heteroatoms. The lowest BCUT2D eigenvalue weighted by molar-refractivity contribution is -0.404. The molecule has 0 fully saturated rings. The molecule has 2 N–H and O–H groups in total. The highest BCUT2D eigenvalue weighted by Gasteiger charge is 2.08. The van der Waals surface area contributed by atoms with E-state index in [9.17, 15) is 14.3 Å². The van der Waals surface area contributed by atoms with Gasteiger partial charge in [0.05, 0.1) is 17.2 Å². The zero-order valence-electron chi connectivity index (χ0n) is 13.0. The zero-order chi connectivity index (χ0) is 16.5. The van der Waals surface area contributed by atoms with E-state index in [4.69, 9.17) is 4.42 Å². The Bertz CT molecular complexity index is 542. The van der Waals surface area contributed by atoms with Crippen LogP contribution in [0.4, 0.5) is 0 Å². The van der Waals surface area contributed by atoms with Crippen molar-refractivity contribution in [2.24, 2.45) is 0 Å². The Kier molecular flexibility index (Phi) is 7.61. The normalized spacial score (nSPS) is 13.2. The highest BCUT2D eigenvalue weighted by atomic mass is 32.2. The third-order valence-corrected chi connectivity index (χ3v) is 3.91. The van der Waals surface area contributed by atoms with Crippen molar-refractivity contribution in [2.75, 3.05) is 33.4 Å². The molecular weight excluding hydrogens is 308 g/mol. The first-order valence-electron chi connectivity index (χ1n) is 6.75. The molecule has 1 aromatic heterocycles. The van der Waals surface area contributed by atoms with Crippen LogP contribution in [0.15, 0.2) is 28.6 Å². The van der Waals surface area contributed by atoms with Gasteiger partial charge in [0.1, 0.15) is 11.5 Å². The molecular formula is C13H22N4O4S. The van der Waals surface area contributed by atoms with E-state index >= 15 is 0 Å². The summed E-state index contributed by atoms with van der Waals surface area (Å²) >= 11 is 0. The van der Waals surface area contributed by atoms with E-state index in [-0.39, 0.29) is 5.82 Å². The smallest absolute Gasteiger partial charge is 0.274 e. The lowest BCUT2D eigenvalue weighted by atomic mass is 10.4. The van der Waals surface area contributed by atoms with Crippen molar-refractivity contribution in [1.82, 2.24) is 15.5 Å². The molecule has 1 rings (SSSR count). The highest BCUT2D eigenvalue weighted by molar-refractivity contribution is 7.84. The van der Waals surface area contributed by atoms with E-state index in [1.54, 1.807) is 7.05 Å². The Hall–Kier alpha value is -1.87. The number of hydrogen-bond donors (Lipinski definition) is 2. The van der Waals surface area contributed by atoms with Crippen molar-refractivity contribution >= 4 is 10.8 Å². The minimum absolute atomic E-state index is 0.285. The van der Waals surface area contributed by atoms with Crippen LogP contribution in [0.25, 0.3) is 0 Å². The molecule has 0 bridgehead atoms. The van der Waals surface area contributed by atoms with E-state index in [0.29, 0.717) is 30.4 Å². The van der Waals surface area contributed by atoms with Crippen LogP contribution in [0.2, 0.25) is 0 Å². The fourth-order valence-corrected chi connectivity index (χ4v) is 2.68. The van der Waals surface area contributed by atoms with Crippen molar-refractivity contribution < 1.29 is 13.5 Å². The van der Waals surface area contributed by atoms with Crippen molar-refractivity contribution in [3.8, 4) is 0 Å². The first-order valence-corrected chi connectivity index (χ1v) is 8.23. The minimum atomic E-state index is -1.10. The van der Waals surface area contributed by atoms with Crippen molar-refractivity contribution in [3.63, 3.8) is 0 Å². The van der Waals surface area contributed by atoms with Gasteiger partial charge in [-0.25, -0.2) is 0 Å². The van der Waals surface area contributed by atoms with E-state index in [1.807, 2.05) is 31.1 Å². The monoisotopic (exact) mass is 330 g/mol. The molecule has 0 aliphatic rings. The minimum Gasteiger partial charge on any atom is -0.464 e. The summed E-state index contributed by atoms with van der Waals surface area (Å²) in [5, 5.41) is 15.9. The molecule has 0 saturated carbocycles. The Morgan fingerprint density at radius 3 is 2.73 bits per heavy atom. The third-order valence-electron chi connectivity index (χ3n) is 2.64. The van der Waals surface area contributed by atoms with E-state index in [0.717, 1.165) is 12.0 Å². The van der Waals surface area contributed by atoms with Crippen LogP contribution in [0.1, 0.15) is 11.5 Å². The van der Waals surface area contributed by atoms with E-state index in [1.165, 1.54) is 0 Å². The van der Waals surface area contributed by atoms with E-state index < -0.39 is 15.7 Å². The molecule has 1 atom stereocenters. The van der Waals surface area contributed by atoms with Gasteiger partial charge in [-0.05, 0) is 26.2 Å². The average molecular weight is 330 g/mol. The third kappa shape index (κ3) is 7.23. The molecule has 22 heavy (non-hydrogen) atoms. The van der Waals surface area contributed by atoms with Crippen LogP contribution < -0.4 is 10.6 Å². The van der Waals surface area contributed by atoms with Gasteiger partial charge in [-0.2, -0.15) is 0 Å². The predicted octanol–water partition coefficient (Wildman–Crippen LogP) is 0.474. The van der Waals surface area contributed by atoms with Gasteiger partial charge < -0.3 is 20.0 Å².